The Hall–Kier alpha value is -2.04. The van der Waals surface area contributed by atoms with Gasteiger partial charge >= 0.3 is 0 Å². The molecule has 0 radical (unpaired) electrons. The molecule has 154 valence electrons. The number of aliphatic imine (C=N–C) groups is 1. The molecule has 2 heterocycles. The number of hydrogen-bond donors (Lipinski definition) is 0. The molecule has 4 rings (SSSR count). The Morgan fingerprint density at radius 2 is 1.76 bits per heavy atom. The van der Waals surface area contributed by atoms with Gasteiger partial charge in [0.1, 0.15) is 17.3 Å². The van der Waals surface area contributed by atoms with Crippen LogP contribution in [0.1, 0.15) is 39.7 Å². The number of fused-ring (bicyclic) bond motifs is 2. The van der Waals surface area contributed by atoms with E-state index in [0.29, 0.717) is 10.9 Å². The lowest BCUT2D eigenvalue weighted by atomic mass is 9.90. The highest BCUT2D eigenvalue weighted by atomic mass is 35.5. The number of benzene rings is 2. The van der Waals surface area contributed by atoms with E-state index in [-0.39, 0.29) is 5.54 Å². The Morgan fingerprint density at radius 3 is 2.48 bits per heavy atom. The number of amidine groups is 1. The molecule has 0 N–H and O–H groups in total. The summed E-state index contributed by atoms with van der Waals surface area (Å²) in [7, 11) is 0. The minimum absolute atomic E-state index is 0.211. The van der Waals surface area contributed by atoms with Crippen LogP contribution in [0, 0.1) is 5.92 Å². The summed E-state index contributed by atoms with van der Waals surface area (Å²) in [4.78, 5) is 10.0. The Bertz CT molecular complexity index is 914. The summed E-state index contributed by atoms with van der Waals surface area (Å²) < 4.78 is 6.19. The zero-order valence-electron chi connectivity index (χ0n) is 17.8. The van der Waals surface area contributed by atoms with E-state index in [1.807, 2.05) is 42.5 Å². The molecular formula is C24H30ClN3O. The van der Waals surface area contributed by atoms with Gasteiger partial charge in [0.05, 0.1) is 5.56 Å². The van der Waals surface area contributed by atoms with Gasteiger partial charge in [-0.3, -0.25) is 4.90 Å². The number of halogens is 1. The van der Waals surface area contributed by atoms with Crippen LogP contribution < -0.4 is 4.74 Å². The van der Waals surface area contributed by atoms with Gasteiger partial charge in [-0.05, 0) is 56.5 Å². The molecule has 0 aromatic heterocycles. The lowest BCUT2D eigenvalue weighted by molar-refractivity contribution is 0.0607. The number of hydrogen-bond acceptors (Lipinski definition) is 4. The minimum atomic E-state index is 0.211. The highest BCUT2D eigenvalue weighted by molar-refractivity contribution is 6.31. The van der Waals surface area contributed by atoms with E-state index in [1.54, 1.807) is 0 Å². The maximum atomic E-state index is 6.34. The maximum absolute atomic E-state index is 6.34. The maximum Gasteiger partial charge on any atom is 0.153 e. The second kappa shape index (κ2) is 8.00. The highest BCUT2D eigenvalue weighted by Crippen LogP contribution is 2.39. The Morgan fingerprint density at radius 1 is 1.03 bits per heavy atom. The number of para-hydroxylation sites is 2. The van der Waals surface area contributed by atoms with E-state index in [9.17, 15) is 0 Å². The molecular weight excluding hydrogens is 382 g/mol. The third-order valence-corrected chi connectivity index (χ3v) is 6.07. The zero-order valence-corrected chi connectivity index (χ0v) is 18.5. The van der Waals surface area contributed by atoms with Crippen molar-refractivity contribution in [1.82, 2.24) is 9.80 Å². The van der Waals surface area contributed by atoms with Crippen molar-refractivity contribution in [2.45, 2.75) is 39.7 Å². The average Bonchev–Trinajstić information content (AvgIpc) is 2.83. The van der Waals surface area contributed by atoms with Crippen LogP contribution in [0.5, 0.6) is 11.5 Å². The van der Waals surface area contributed by atoms with Gasteiger partial charge < -0.3 is 9.64 Å². The van der Waals surface area contributed by atoms with Gasteiger partial charge in [0.15, 0.2) is 5.75 Å². The van der Waals surface area contributed by atoms with Crippen LogP contribution in [0.15, 0.2) is 47.5 Å². The fraction of sp³-hybridized carbons (Fsp3) is 0.458. The molecule has 2 aromatic rings. The fourth-order valence-electron chi connectivity index (χ4n) is 4.59. The number of rotatable bonds is 3. The summed E-state index contributed by atoms with van der Waals surface area (Å²) in [6.45, 7) is 13.3. The monoisotopic (exact) mass is 411 g/mol. The Kier molecular flexibility index (Phi) is 5.58. The van der Waals surface area contributed by atoms with Gasteiger partial charge in [0.2, 0.25) is 0 Å². The fourth-order valence-corrected chi connectivity index (χ4v) is 4.76. The van der Waals surface area contributed by atoms with Gasteiger partial charge in [-0.25, -0.2) is 4.99 Å². The van der Waals surface area contributed by atoms with Crippen molar-refractivity contribution >= 4 is 23.1 Å². The van der Waals surface area contributed by atoms with Crippen molar-refractivity contribution in [3.63, 3.8) is 0 Å². The molecule has 0 aliphatic carbocycles. The predicted octanol–water partition coefficient (Wildman–Crippen LogP) is 5.97. The van der Waals surface area contributed by atoms with Crippen molar-refractivity contribution < 1.29 is 4.74 Å². The standard InChI is InChI=1S/C24H30ClN3O/c1-17(2)16-24(3,4)28-13-11-27(12-14-28)23-19-15-18(25)9-10-21(19)29-22-8-6-5-7-20(22)26-23/h5-10,15,17H,11-14,16H2,1-4H3. The molecule has 2 aliphatic rings. The van der Waals surface area contributed by atoms with Crippen molar-refractivity contribution in [2.75, 3.05) is 26.2 Å². The van der Waals surface area contributed by atoms with Crippen molar-refractivity contribution in [3.05, 3.63) is 53.1 Å². The topological polar surface area (TPSA) is 28.1 Å². The summed E-state index contributed by atoms with van der Waals surface area (Å²) >= 11 is 6.34. The van der Waals surface area contributed by atoms with Gasteiger partial charge in [-0.2, -0.15) is 0 Å². The first-order valence-corrected chi connectivity index (χ1v) is 10.9. The van der Waals surface area contributed by atoms with Crippen LogP contribution in [0.25, 0.3) is 0 Å². The molecule has 0 saturated carbocycles. The van der Waals surface area contributed by atoms with E-state index in [0.717, 1.165) is 54.8 Å². The van der Waals surface area contributed by atoms with E-state index in [1.165, 1.54) is 6.42 Å². The summed E-state index contributed by atoms with van der Waals surface area (Å²) in [5.41, 5.74) is 2.03. The first-order valence-electron chi connectivity index (χ1n) is 10.5. The number of piperazine rings is 1. The van der Waals surface area contributed by atoms with E-state index < -0.39 is 0 Å². The van der Waals surface area contributed by atoms with Gasteiger partial charge in [-0.15, -0.1) is 0 Å². The van der Waals surface area contributed by atoms with E-state index in [4.69, 9.17) is 21.3 Å². The normalized spacial score (nSPS) is 17.3. The summed E-state index contributed by atoms with van der Waals surface area (Å²) in [5, 5.41) is 0.697. The second-order valence-corrected chi connectivity index (χ2v) is 9.47. The lowest BCUT2D eigenvalue weighted by Crippen LogP contribution is -2.56. The van der Waals surface area contributed by atoms with Gasteiger partial charge in [0, 0.05) is 36.7 Å². The third kappa shape index (κ3) is 4.29. The average molecular weight is 412 g/mol. The lowest BCUT2D eigenvalue weighted by Gasteiger charge is -2.45. The molecule has 0 spiro atoms. The molecule has 29 heavy (non-hydrogen) atoms. The van der Waals surface area contributed by atoms with E-state index >= 15 is 0 Å². The molecule has 1 fully saturated rings. The van der Waals surface area contributed by atoms with Crippen molar-refractivity contribution in [3.8, 4) is 11.5 Å². The molecule has 0 unspecified atom stereocenters. The van der Waals surface area contributed by atoms with Gasteiger partial charge in [0.25, 0.3) is 0 Å². The zero-order chi connectivity index (χ0) is 20.6. The SMILES string of the molecule is CC(C)CC(C)(C)N1CCN(C2=Nc3ccccc3Oc3ccc(Cl)cc32)CC1. The molecule has 0 bridgehead atoms. The first-order chi connectivity index (χ1) is 13.8. The first kappa shape index (κ1) is 20.2. The van der Waals surface area contributed by atoms with E-state index in [2.05, 4.69) is 37.5 Å². The van der Waals surface area contributed by atoms with Crippen LogP contribution in [0.3, 0.4) is 0 Å². The van der Waals surface area contributed by atoms with Crippen LogP contribution in [-0.4, -0.2) is 47.4 Å². The smallest absolute Gasteiger partial charge is 0.153 e. The molecule has 0 atom stereocenters. The number of ether oxygens (including phenoxy) is 1. The Labute approximate surface area is 179 Å². The van der Waals surface area contributed by atoms with Crippen molar-refractivity contribution in [2.24, 2.45) is 10.9 Å². The molecule has 2 aliphatic heterocycles. The van der Waals surface area contributed by atoms with Crippen LogP contribution >= 0.6 is 11.6 Å². The second-order valence-electron chi connectivity index (χ2n) is 9.03. The number of nitrogens with zero attached hydrogens (tertiary/aromatic N) is 3. The third-order valence-electron chi connectivity index (χ3n) is 5.84. The van der Waals surface area contributed by atoms with Crippen molar-refractivity contribution in [1.29, 1.82) is 0 Å². The molecule has 4 nitrogen and oxygen atoms in total. The molecule has 0 amide bonds. The molecule has 5 heteroatoms. The van der Waals surface area contributed by atoms with Crippen LogP contribution in [0.2, 0.25) is 5.02 Å². The summed E-state index contributed by atoms with van der Waals surface area (Å²) in [6, 6.07) is 13.7. The quantitative estimate of drug-likeness (QED) is 0.623. The molecule has 2 aromatic carbocycles. The van der Waals surface area contributed by atoms with Crippen LogP contribution in [-0.2, 0) is 0 Å². The van der Waals surface area contributed by atoms with Gasteiger partial charge in [-0.1, -0.05) is 37.6 Å². The summed E-state index contributed by atoms with van der Waals surface area (Å²) in [5.74, 6) is 3.23. The van der Waals surface area contributed by atoms with Crippen LogP contribution in [0.4, 0.5) is 5.69 Å². The summed E-state index contributed by atoms with van der Waals surface area (Å²) in [6.07, 6.45) is 1.20. The largest absolute Gasteiger partial charge is 0.454 e. The molecule has 1 saturated heterocycles. The Balaban J connectivity index is 1.63. The predicted molar refractivity (Wildman–Crippen MR) is 121 cm³/mol. The minimum Gasteiger partial charge on any atom is -0.454 e. The highest BCUT2D eigenvalue weighted by Gasteiger charge is 2.32.